The van der Waals surface area contributed by atoms with Gasteiger partial charge in [-0.3, -0.25) is 0 Å². The standard InChI is InChI=1S/C15H13N5O4S/c16-25(21,22)13-3-1-2-10(14(13)15-17-19-20-18-15)9-4-5-11-12(8-9)24-7-6-23-11/h1-5,8H,6-7H2,(H2,16,21,22)(H,17,18,19,20). The van der Waals surface area contributed by atoms with Gasteiger partial charge in [0, 0.05) is 0 Å². The Labute approximate surface area is 142 Å². The molecule has 0 saturated heterocycles. The summed E-state index contributed by atoms with van der Waals surface area (Å²) in [5.41, 5.74) is 1.58. The summed E-state index contributed by atoms with van der Waals surface area (Å²) < 4.78 is 35.1. The highest BCUT2D eigenvalue weighted by Gasteiger charge is 2.23. The molecule has 0 saturated carbocycles. The van der Waals surface area contributed by atoms with Crippen LogP contribution in [-0.2, 0) is 10.0 Å². The largest absolute Gasteiger partial charge is 0.486 e. The number of H-pyrrole nitrogens is 1. The van der Waals surface area contributed by atoms with Crippen LogP contribution in [0.5, 0.6) is 11.5 Å². The van der Waals surface area contributed by atoms with E-state index in [0.717, 1.165) is 5.56 Å². The summed E-state index contributed by atoms with van der Waals surface area (Å²) in [6.07, 6.45) is 0. The lowest BCUT2D eigenvalue weighted by molar-refractivity contribution is 0.171. The van der Waals surface area contributed by atoms with Crippen molar-refractivity contribution in [1.29, 1.82) is 0 Å². The van der Waals surface area contributed by atoms with Crippen LogP contribution in [0.25, 0.3) is 22.5 Å². The Kier molecular flexibility index (Phi) is 3.62. The molecule has 9 nitrogen and oxygen atoms in total. The summed E-state index contributed by atoms with van der Waals surface area (Å²) in [5.74, 6) is 1.36. The van der Waals surface area contributed by atoms with Crippen molar-refractivity contribution in [1.82, 2.24) is 20.6 Å². The van der Waals surface area contributed by atoms with E-state index in [1.807, 2.05) is 0 Å². The van der Waals surface area contributed by atoms with Gasteiger partial charge in [-0.1, -0.05) is 18.2 Å². The minimum atomic E-state index is -3.98. The van der Waals surface area contributed by atoms with E-state index in [1.165, 1.54) is 6.07 Å². The Morgan fingerprint density at radius 2 is 1.88 bits per heavy atom. The zero-order valence-electron chi connectivity index (χ0n) is 12.8. The molecule has 1 aliphatic rings. The molecule has 0 fully saturated rings. The molecule has 3 aromatic rings. The van der Waals surface area contributed by atoms with Gasteiger partial charge >= 0.3 is 0 Å². The van der Waals surface area contributed by atoms with Crippen LogP contribution in [-0.4, -0.2) is 42.3 Å². The average Bonchev–Trinajstić information content (AvgIpc) is 3.14. The Balaban J connectivity index is 1.96. The molecule has 4 rings (SSSR count). The summed E-state index contributed by atoms with van der Waals surface area (Å²) in [7, 11) is -3.98. The number of primary sulfonamides is 1. The molecule has 0 radical (unpaired) electrons. The summed E-state index contributed by atoms with van der Waals surface area (Å²) in [4.78, 5) is -0.0821. The molecule has 10 heteroatoms. The van der Waals surface area contributed by atoms with E-state index in [9.17, 15) is 8.42 Å². The first-order valence-electron chi connectivity index (χ1n) is 7.34. The molecule has 1 aromatic heterocycles. The van der Waals surface area contributed by atoms with Crippen molar-refractivity contribution in [3.05, 3.63) is 36.4 Å². The Bertz CT molecular complexity index is 1030. The molecule has 0 atom stereocenters. The normalized spacial score (nSPS) is 13.6. The number of aromatic amines is 1. The van der Waals surface area contributed by atoms with Gasteiger partial charge < -0.3 is 9.47 Å². The fourth-order valence-electron chi connectivity index (χ4n) is 2.72. The first kappa shape index (κ1) is 15.5. The van der Waals surface area contributed by atoms with Gasteiger partial charge in [-0.2, -0.15) is 5.21 Å². The minimum Gasteiger partial charge on any atom is -0.486 e. The number of sulfonamides is 1. The van der Waals surface area contributed by atoms with Gasteiger partial charge in [0.25, 0.3) is 0 Å². The average molecular weight is 359 g/mol. The number of nitrogens with two attached hydrogens (primary N) is 1. The van der Waals surface area contributed by atoms with E-state index in [-0.39, 0.29) is 16.3 Å². The highest BCUT2D eigenvalue weighted by Crippen LogP contribution is 2.39. The summed E-state index contributed by atoms with van der Waals surface area (Å²) in [6, 6.07) is 10.1. The fraction of sp³-hybridized carbons (Fsp3) is 0.133. The SMILES string of the molecule is NS(=O)(=O)c1cccc(-c2ccc3c(c2)OCCO3)c1-c1nn[nH]n1. The van der Waals surface area contributed by atoms with E-state index < -0.39 is 10.0 Å². The van der Waals surface area contributed by atoms with Crippen molar-refractivity contribution in [3.63, 3.8) is 0 Å². The Morgan fingerprint density at radius 3 is 2.60 bits per heavy atom. The number of rotatable bonds is 3. The second-order valence-corrected chi connectivity index (χ2v) is 6.85. The van der Waals surface area contributed by atoms with Crippen molar-refractivity contribution in [3.8, 4) is 34.0 Å². The molecule has 128 valence electrons. The van der Waals surface area contributed by atoms with Gasteiger partial charge in [-0.05, 0) is 34.5 Å². The molecular weight excluding hydrogens is 346 g/mol. The molecule has 1 aliphatic heterocycles. The molecular formula is C15H13N5O4S. The van der Waals surface area contributed by atoms with Crippen LogP contribution in [0.2, 0.25) is 0 Å². The predicted octanol–water partition coefficient (Wildman–Crippen LogP) is 0.952. The van der Waals surface area contributed by atoms with Crippen LogP contribution in [0.3, 0.4) is 0 Å². The summed E-state index contributed by atoms with van der Waals surface area (Å²) in [6.45, 7) is 0.937. The van der Waals surface area contributed by atoms with E-state index in [2.05, 4.69) is 20.6 Å². The van der Waals surface area contributed by atoms with Crippen LogP contribution in [0.15, 0.2) is 41.3 Å². The van der Waals surface area contributed by atoms with Gasteiger partial charge in [0.1, 0.15) is 13.2 Å². The van der Waals surface area contributed by atoms with Gasteiger partial charge in [-0.25, -0.2) is 13.6 Å². The number of hydrogen-bond donors (Lipinski definition) is 2. The van der Waals surface area contributed by atoms with E-state index in [4.69, 9.17) is 14.6 Å². The third-order valence-corrected chi connectivity index (χ3v) is 4.71. The molecule has 2 heterocycles. The van der Waals surface area contributed by atoms with Gasteiger partial charge in [0.15, 0.2) is 11.5 Å². The molecule has 0 aliphatic carbocycles. The smallest absolute Gasteiger partial charge is 0.238 e. The fourth-order valence-corrected chi connectivity index (χ4v) is 3.47. The van der Waals surface area contributed by atoms with Crippen molar-refractivity contribution < 1.29 is 17.9 Å². The number of ether oxygens (including phenoxy) is 2. The first-order valence-corrected chi connectivity index (χ1v) is 8.88. The predicted molar refractivity (Wildman–Crippen MR) is 87.4 cm³/mol. The zero-order valence-corrected chi connectivity index (χ0v) is 13.7. The second-order valence-electron chi connectivity index (χ2n) is 5.32. The van der Waals surface area contributed by atoms with Crippen LogP contribution in [0, 0.1) is 0 Å². The lowest BCUT2D eigenvalue weighted by Crippen LogP contribution is -2.15. The number of tetrazole rings is 1. The first-order chi connectivity index (χ1) is 12.0. The topological polar surface area (TPSA) is 133 Å². The van der Waals surface area contributed by atoms with Crippen LogP contribution >= 0.6 is 0 Å². The van der Waals surface area contributed by atoms with Crippen molar-refractivity contribution in [2.24, 2.45) is 5.14 Å². The Morgan fingerprint density at radius 1 is 1.08 bits per heavy atom. The monoisotopic (exact) mass is 359 g/mol. The van der Waals surface area contributed by atoms with E-state index in [0.29, 0.717) is 30.3 Å². The van der Waals surface area contributed by atoms with Crippen LogP contribution < -0.4 is 14.6 Å². The third kappa shape index (κ3) is 2.81. The number of benzene rings is 2. The number of nitrogens with zero attached hydrogens (tertiary/aromatic N) is 3. The molecule has 0 unspecified atom stereocenters. The number of fused-ring (bicyclic) bond motifs is 1. The van der Waals surface area contributed by atoms with Gasteiger partial charge in [0.05, 0.1) is 10.5 Å². The van der Waals surface area contributed by atoms with Crippen LogP contribution in [0.1, 0.15) is 0 Å². The lowest BCUT2D eigenvalue weighted by Gasteiger charge is -2.19. The maximum atomic E-state index is 12.0. The van der Waals surface area contributed by atoms with Crippen molar-refractivity contribution in [2.75, 3.05) is 13.2 Å². The van der Waals surface area contributed by atoms with E-state index in [1.54, 1.807) is 30.3 Å². The highest BCUT2D eigenvalue weighted by molar-refractivity contribution is 7.89. The molecule has 3 N–H and O–H groups in total. The van der Waals surface area contributed by atoms with E-state index >= 15 is 0 Å². The lowest BCUT2D eigenvalue weighted by atomic mass is 9.98. The second kappa shape index (κ2) is 5.83. The van der Waals surface area contributed by atoms with Crippen molar-refractivity contribution in [2.45, 2.75) is 4.90 Å². The summed E-state index contributed by atoms with van der Waals surface area (Å²) in [5, 5.41) is 19.0. The Hall–Kier alpha value is -2.98. The van der Waals surface area contributed by atoms with Crippen LogP contribution in [0.4, 0.5) is 0 Å². The number of aromatic nitrogens is 4. The van der Waals surface area contributed by atoms with Gasteiger partial charge in [0.2, 0.25) is 15.8 Å². The molecule has 25 heavy (non-hydrogen) atoms. The third-order valence-electron chi connectivity index (χ3n) is 3.75. The van der Waals surface area contributed by atoms with Crippen molar-refractivity contribution >= 4 is 10.0 Å². The molecule has 2 aromatic carbocycles. The number of hydrogen-bond acceptors (Lipinski definition) is 7. The highest BCUT2D eigenvalue weighted by atomic mass is 32.2. The molecule has 0 amide bonds. The number of nitrogens with one attached hydrogen (secondary N) is 1. The minimum absolute atomic E-state index is 0.0821. The maximum absolute atomic E-state index is 12.0. The van der Waals surface area contributed by atoms with Gasteiger partial charge in [-0.15, -0.1) is 10.2 Å². The zero-order chi connectivity index (χ0) is 17.4. The molecule has 0 bridgehead atoms. The maximum Gasteiger partial charge on any atom is 0.238 e. The quantitative estimate of drug-likeness (QED) is 0.711. The molecule has 0 spiro atoms. The summed E-state index contributed by atoms with van der Waals surface area (Å²) >= 11 is 0.